The van der Waals surface area contributed by atoms with Gasteiger partial charge in [-0.05, 0) is 39.4 Å². The van der Waals surface area contributed by atoms with Gasteiger partial charge in [-0.1, -0.05) is 30.3 Å². The third-order valence-corrected chi connectivity index (χ3v) is 4.63. The van der Waals surface area contributed by atoms with E-state index >= 15 is 0 Å². The highest BCUT2D eigenvalue weighted by atomic mass is 79.9. The minimum Gasteiger partial charge on any atom is -0.444 e. The van der Waals surface area contributed by atoms with Gasteiger partial charge in [-0.2, -0.15) is 0 Å². The van der Waals surface area contributed by atoms with Gasteiger partial charge in [0.25, 0.3) is 0 Å². The Bertz CT molecular complexity index is 539. The lowest BCUT2D eigenvalue weighted by Crippen LogP contribution is -2.12. The van der Waals surface area contributed by atoms with E-state index in [9.17, 15) is 4.79 Å². The Kier molecular flexibility index (Phi) is 4.38. The van der Waals surface area contributed by atoms with Crippen molar-refractivity contribution in [2.45, 2.75) is 13.5 Å². The van der Waals surface area contributed by atoms with Gasteiger partial charge in [0.05, 0.1) is 4.47 Å². The monoisotopic (exact) mass is 325 g/mol. The minimum absolute atomic E-state index is 0.272. The third kappa shape index (κ3) is 3.34. The van der Waals surface area contributed by atoms with Crippen molar-refractivity contribution in [3.63, 3.8) is 0 Å². The maximum atomic E-state index is 11.6. The van der Waals surface area contributed by atoms with E-state index in [4.69, 9.17) is 4.74 Å². The standard InChI is InChI=1S/C13H12BrNO2S/c1-9-8-18-12(11(9)14)15-13(16)17-7-10-5-3-2-4-6-10/h2-6,8H,7H2,1H3,(H,15,16). The lowest BCUT2D eigenvalue weighted by molar-refractivity contribution is 0.155. The molecule has 94 valence electrons. The predicted octanol–water partition coefficient (Wildman–Crippen LogP) is 4.57. The second-order valence-electron chi connectivity index (χ2n) is 3.75. The van der Waals surface area contributed by atoms with Crippen LogP contribution in [0.15, 0.2) is 40.2 Å². The van der Waals surface area contributed by atoms with E-state index in [1.165, 1.54) is 11.3 Å². The molecular weight excluding hydrogens is 314 g/mol. The van der Waals surface area contributed by atoms with Gasteiger partial charge in [-0.25, -0.2) is 4.79 Å². The fourth-order valence-electron chi connectivity index (χ4n) is 1.37. The number of amides is 1. The van der Waals surface area contributed by atoms with Crippen LogP contribution in [0.25, 0.3) is 0 Å². The third-order valence-electron chi connectivity index (χ3n) is 2.33. The minimum atomic E-state index is -0.443. The quantitative estimate of drug-likeness (QED) is 0.897. The first-order valence-corrected chi connectivity index (χ1v) is 7.05. The van der Waals surface area contributed by atoms with Crippen molar-refractivity contribution in [2.75, 3.05) is 5.32 Å². The SMILES string of the molecule is Cc1csc(NC(=O)OCc2ccccc2)c1Br. The van der Waals surface area contributed by atoms with Crippen molar-refractivity contribution < 1.29 is 9.53 Å². The molecule has 1 amide bonds. The van der Waals surface area contributed by atoms with Gasteiger partial charge in [-0.15, -0.1) is 11.3 Å². The molecule has 1 heterocycles. The maximum absolute atomic E-state index is 11.6. The van der Waals surface area contributed by atoms with Gasteiger partial charge >= 0.3 is 6.09 Å². The van der Waals surface area contributed by atoms with Crippen LogP contribution in [0, 0.1) is 6.92 Å². The van der Waals surface area contributed by atoms with Gasteiger partial charge in [0.2, 0.25) is 0 Å². The topological polar surface area (TPSA) is 38.3 Å². The Morgan fingerprint density at radius 3 is 2.72 bits per heavy atom. The lowest BCUT2D eigenvalue weighted by atomic mass is 10.2. The summed E-state index contributed by atoms with van der Waals surface area (Å²) < 4.78 is 6.04. The van der Waals surface area contributed by atoms with Crippen LogP contribution in [0.1, 0.15) is 11.1 Å². The van der Waals surface area contributed by atoms with Crippen molar-refractivity contribution in [2.24, 2.45) is 0 Å². The molecule has 1 aromatic carbocycles. The van der Waals surface area contributed by atoms with Crippen molar-refractivity contribution in [1.29, 1.82) is 0 Å². The average Bonchev–Trinajstić information content (AvgIpc) is 2.70. The van der Waals surface area contributed by atoms with Crippen molar-refractivity contribution >= 4 is 38.4 Å². The number of thiophene rings is 1. The highest BCUT2D eigenvalue weighted by molar-refractivity contribution is 9.10. The molecule has 0 radical (unpaired) electrons. The summed E-state index contributed by atoms with van der Waals surface area (Å²) in [5, 5.41) is 5.45. The number of hydrogen-bond donors (Lipinski definition) is 1. The molecule has 2 rings (SSSR count). The number of nitrogens with one attached hydrogen (secondary N) is 1. The molecule has 0 bridgehead atoms. The van der Waals surface area contributed by atoms with Gasteiger partial charge < -0.3 is 4.74 Å². The van der Waals surface area contributed by atoms with E-state index in [1.54, 1.807) is 0 Å². The number of benzene rings is 1. The number of anilines is 1. The van der Waals surface area contributed by atoms with Crippen molar-refractivity contribution in [3.05, 3.63) is 51.3 Å². The lowest BCUT2D eigenvalue weighted by Gasteiger charge is -2.06. The number of carbonyl (C=O) groups excluding carboxylic acids is 1. The first kappa shape index (κ1) is 13.1. The van der Waals surface area contributed by atoms with E-state index in [2.05, 4.69) is 21.2 Å². The zero-order chi connectivity index (χ0) is 13.0. The Morgan fingerprint density at radius 2 is 2.11 bits per heavy atom. The Morgan fingerprint density at radius 1 is 1.39 bits per heavy atom. The van der Waals surface area contributed by atoms with Gasteiger partial charge in [-0.3, -0.25) is 5.32 Å². The fourth-order valence-corrected chi connectivity index (χ4v) is 2.83. The Hall–Kier alpha value is -1.33. The number of carbonyl (C=O) groups is 1. The highest BCUT2D eigenvalue weighted by Crippen LogP contribution is 2.32. The molecule has 0 unspecified atom stereocenters. The molecule has 0 aliphatic carbocycles. The van der Waals surface area contributed by atoms with Gasteiger partial charge in [0, 0.05) is 0 Å². The molecule has 2 aromatic rings. The zero-order valence-electron chi connectivity index (χ0n) is 9.77. The Labute approximate surface area is 118 Å². The molecule has 0 fully saturated rings. The van der Waals surface area contributed by atoms with E-state index in [1.807, 2.05) is 42.6 Å². The molecule has 0 saturated heterocycles. The van der Waals surface area contributed by atoms with E-state index in [-0.39, 0.29) is 6.61 Å². The molecule has 1 aromatic heterocycles. The second-order valence-corrected chi connectivity index (χ2v) is 5.42. The van der Waals surface area contributed by atoms with E-state index in [0.717, 1.165) is 20.6 Å². The van der Waals surface area contributed by atoms with Crippen LogP contribution in [0.2, 0.25) is 0 Å². The molecule has 0 spiro atoms. The second kappa shape index (κ2) is 6.02. The van der Waals surface area contributed by atoms with E-state index < -0.39 is 6.09 Å². The first-order valence-electron chi connectivity index (χ1n) is 5.38. The number of aryl methyl sites for hydroxylation is 1. The van der Waals surface area contributed by atoms with Crippen LogP contribution in [0.4, 0.5) is 9.80 Å². The number of ether oxygens (including phenoxy) is 1. The number of rotatable bonds is 3. The van der Waals surface area contributed by atoms with Crippen molar-refractivity contribution in [1.82, 2.24) is 0 Å². The van der Waals surface area contributed by atoms with E-state index in [0.29, 0.717) is 0 Å². The summed E-state index contributed by atoms with van der Waals surface area (Å²) in [5.74, 6) is 0. The van der Waals surface area contributed by atoms with Crippen LogP contribution >= 0.6 is 27.3 Å². The van der Waals surface area contributed by atoms with Gasteiger partial charge in [0.1, 0.15) is 11.6 Å². The van der Waals surface area contributed by atoms with Crippen LogP contribution in [-0.2, 0) is 11.3 Å². The van der Waals surface area contributed by atoms with Gasteiger partial charge in [0.15, 0.2) is 0 Å². The molecule has 0 aliphatic heterocycles. The van der Waals surface area contributed by atoms with Crippen LogP contribution in [0.3, 0.4) is 0 Å². The first-order chi connectivity index (χ1) is 8.66. The molecule has 0 saturated carbocycles. The zero-order valence-corrected chi connectivity index (χ0v) is 12.2. The fraction of sp³-hybridized carbons (Fsp3) is 0.154. The largest absolute Gasteiger partial charge is 0.444 e. The maximum Gasteiger partial charge on any atom is 0.412 e. The van der Waals surface area contributed by atoms with Crippen LogP contribution in [0.5, 0.6) is 0 Å². The summed E-state index contributed by atoms with van der Waals surface area (Å²) in [4.78, 5) is 11.6. The molecule has 0 aliphatic rings. The molecule has 18 heavy (non-hydrogen) atoms. The molecule has 3 nitrogen and oxygen atoms in total. The summed E-state index contributed by atoms with van der Waals surface area (Å²) in [6.07, 6.45) is -0.443. The normalized spacial score (nSPS) is 10.1. The van der Waals surface area contributed by atoms with Crippen molar-refractivity contribution in [3.8, 4) is 0 Å². The summed E-state index contributed by atoms with van der Waals surface area (Å²) in [6, 6.07) is 9.58. The van der Waals surface area contributed by atoms with Crippen LogP contribution in [-0.4, -0.2) is 6.09 Å². The summed E-state index contributed by atoms with van der Waals surface area (Å²) in [6.45, 7) is 2.25. The molecule has 1 N–H and O–H groups in total. The summed E-state index contributed by atoms with van der Waals surface area (Å²) in [7, 11) is 0. The molecular formula is C13H12BrNO2S. The predicted molar refractivity (Wildman–Crippen MR) is 77.0 cm³/mol. The summed E-state index contributed by atoms with van der Waals surface area (Å²) >= 11 is 4.88. The highest BCUT2D eigenvalue weighted by Gasteiger charge is 2.10. The summed E-state index contributed by atoms with van der Waals surface area (Å²) in [5.41, 5.74) is 2.06. The average molecular weight is 326 g/mol. The molecule has 0 atom stereocenters. The molecule has 5 heteroatoms. The number of hydrogen-bond acceptors (Lipinski definition) is 3. The smallest absolute Gasteiger partial charge is 0.412 e. The Balaban J connectivity index is 1.88. The van der Waals surface area contributed by atoms with Crippen LogP contribution < -0.4 is 5.32 Å². The number of halogens is 1.